The number of likely N-dealkylation sites (tertiary alicyclic amines) is 1. The first-order valence-corrected chi connectivity index (χ1v) is 9.23. The monoisotopic (exact) mass is 389 g/mol. The molecule has 0 amide bonds. The Bertz CT molecular complexity index is 926. The zero-order valence-electron chi connectivity index (χ0n) is 14.5. The highest BCUT2D eigenvalue weighted by atomic mass is 35.5. The Morgan fingerprint density at radius 3 is 2.85 bits per heavy atom. The molecule has 0 bridgehead atoms. The molecular formula is C20H18ClF2N3O. The molecule has 0 saturated carbocycles. The molecule has 1 aliphatic heterocycles. The van der Waals surface area contributed by atoms with Gasteiger partial charge in [-0.3, -0.25) is 4.90 Å². The summed E-state index contributed by atoms with van der Waals surface area (Å²) >= 11 is 6.15. The van der Waals surface area contributed by atoms with Crippen LogP contribution in [0.4, 0.5) is 8.78 Å². The van der Waals surface area contributed by atoms with E-state index in [1.54, 1.807) is 24.3 Å². The van der Waals surface area contributed by atoms with Gasteiger partial charge in [-0.2, -0.15) is 4.98 Å². The fourth-order valence-corrected chi connectivity index (χ4v) is 3.68. The van der Waals surface area contributed by atoms with Crippen LogP contribution < -0.4 is 0 Å². The first kappa shape index (κ1) is 18.1. The quantitative estimate of drug-likeness (QED) is 0.626. The van der Waals surface area contributed by atoms with E-state index in [4.69, 9.17) is 16.1 Å². The Hall–Kier alpha value is -2.31. The van der Waals surface area contributed by atoms with Crippen LogP contribution in [0.2, 0.25) is 5.02 Å². The molecule has 2 heterocycles. The van der Waals surface area contributed by atoms with Gasteiger partial charge in [0.25, 0.3) is 0 Å². The summed E-state index contributed by atoms with van der Waals surface area (Å²) in [5, 5.41) is 4.42. The molecule has 1 atom stereocenters. The molecule has 0 spiro atoms. The third-order valence-corrected chi connectivity index (χ3v) is 5.18. The number of aromatic nitrogens is 2. The fraction of sp³-hybridized carbons (Fsp3) is 0.300. The van der Waals surface area contributed by atoms with Crippen molar-refractivity contribution in [3.8, 4) is 11.4 Å². The molecule has 4 nitrogen and oxygen atoms in total. The second-order valence-corrected chi connectivity index (χ2v) is 7.15. The summed E-state index contributed by atoms with van der Waals surface area (Å²) in [7, 11) is 0. The third kappa shape index (κ3) is 4.01. The van der Waals surface area contributed by atoms with Crippen LogP contribution in [-0.4, -0.2) is 28.1 Å². The molecule has 140 valence electrons. The van der Waals surface area contributed by atoms with Gasteiger partial charge in [0.2, 0.25) is 11.7 Å². The van der Waals surface area contributed by atoms with Crippen molar-refractivity contribution in [3.63, 3.8) is 0 Å². The Balaban J connectivity index is 1.49. The summed E-state index contributed by atoms with van der Waals surface area (Å²) in [4.78, 5) is 6.59. The van der Waals surface area contributed by atoms with Gasteiger partial charge in [-0.25, -0.2) is 8.78 Å². The summed E-state index contributed by atoms with van der Waals surface area (Å²) in [6.45, 7) is 1.97. The molecule has 3 aromatic rings. The molecule has 1 aliphatic rings. The number of halogens is 3. The van der Waals surface area contributed by atoms with Gasteiger partial charge in [0.1, 0.15) is 11.6 Å². The lowest BCUT2D eigenvalue weighted by molar-refractivity contribution is 0.178. The van der Waals surface area contributed by atoms with Crippen molar-refractivity contribution in [3.05, 3.63) is 70.6 Å². The van der Waals surface area contributed by atoms with Crippen LogP contribution >= 0.6 is 11.6 Å². The van der Waals surface area contributed by atoms with Crippen LogP contribution in [0.15, 0.2) is 47.0 Å². The Kier molecular flexibility index (Phi) is 5.18. The van der Waals surface area contributed by atoms with Crippen LogP contribution in [0.5, 0.6) is 0 Å². The molecule has 4 rings (SSSR count). The van der Waals surface area contributed by atoms with E-state index in [1.807, 2.05) is 0 Å². The van der Waals surface area contributed by atoms with Crippen LogP contribution in [-0.2, 0) is 6.54 Å². The van der Waals surface area contributed by atoms with Crippen LogP contribution in [0.1, 0.15) is 30.2 Å². The van der Waals surface area contributed by atoms with E-state index < -0.39 is 0 Å². The number of rotatable bonds is 4. The maximum absolute atomic E-state index is 14.1. The predicted octanol–water partition coefficient (Wildman–Crippen LogP) is 5.05. The average molecular weight is 390 g/mol. The lowest BCUT2D eigenvalue weighted by Crippen LogP contribution is -2.34. The van der Waals surface area contributed by atoms with Gasteiger partial charge >= 0.3 is 0 Å². The van der Waals surface area contributed by atoms with Gasteiger partial charge < -0.3 is 4.52 Å². The maximum Gasteiger partial charge on any atom is 0.231 e. The summed E-state index contributed by atoms with van der Waals surface area (Å²) in [6, 6.07) is 10.8. The van der Waals surface area contributed by atoms with E-state index >= 15 is 0 Å². The van der Waals surface area contributed by atoms with Gasteiger partial charge in [0, 0.05) is 29.2 Å². The van der Waals surface area contributed by atoms with E-state index in [1.165, 1.54) is 18.2 Å². The van der Waals surface area contributed by atoms with E-state index in [9.17, 15) is 8.78 Å². The number of benzene rings is 2. The van der Waals surface area contributed by atoms with E-state index in [2.05, 4.69) is 15.0 Å². The number of hydrogen-bond donors (Lipinski definition) is 0. The Morgan fingerprint density at radius 2 is 2.04 bits per heavy atom. The van der Waals surface area contributed by atoms with E-state index in [-0.39, 0.29) is 17.6 Å². The highest BCUT2D eigenvalue weighted by Gasteiger charge is 2.27. The number of nitrogens with zero attached hydrogens (tertiary/aromatic N) is 3. The molecule has 7 heteroatoms. The summed E-state index contributed by atoms with van der Waals surface area (Å²) in [5.41, 5.74) is 1.08. The molecule has 1 fully saturated rings. The minimum atomic E-state index is -0.343. The van der Waals surface area contributed by atoms with Gasteiger partial charge in [0.05, 0.1) is 5.92 Å². The molecule has 1 unspecified atom stereocenters. The normalized spacial score (nSPS) is 18.0. The average Bonchev–Trinajstić information content (AvgIpc) is 3.15. The van der Waals surface area contributed by atoms with E-state index in [0.29, 0.717) is 41.0 Å². The molecule has 1 saturated heterocycles. The van der Waals surface area contributed by atoms with Crippen molar-refractivity contribution >= 4 is 11.6 Å². The van der Waals surface area contributed by atoms with Gasteiger partial charge in [-0.1, -0.05) is 35.0 Å². The first-order valence-electron chi connectivity index (χ1n) is 8.85. The lowest BCUT2D eigenvalue weighted by Gasteiger charge is -2.31. The Morgan fingerprint density at radius 1 is 1.19 bits per heavy atom. The molecule has 0 aliphatic carbocycles. The standard InChI is InChI=1S/C20H18ClF2N3O/c21-17-7-2-8-18(23)16(17)12-26-9-3-5-14(11-26)20-24-19(25-27-20)13-4-1-6-15(22)10-13/h1-2,4,6-8,10,14H,3,5,9,11-12H2. The SMILES string of the molecule is Fc1cccc(-c2noc(C3CCCN(Cc4c(F)cccc4Cl)C3)n2)c1. The fourth-order valence-electron chi connectivity index (χ4n) is 3.45. The molecule has 27 heavy (non-hydrogen) atoms. The van der Waals surface area contributed by atoms with Crippen molar-refractivity contribution in [2.75, 3.05) is 13.1 Å². The zero-order valence-corrected chi connectivity index (χ0v) is 15.3. The second-order valence-electron chi connectivity index (χ2n) is 6.74. The topological polar surface area (TPSA) is 42.2 Å². The highest BCUT2D eigenvalue weighted by Crippen LogP contribution is 2.30. The lowest BCUT2D eigenvalue weighted by atomic mass is 9.97. The number of piperidine rings is 1. The van der Waals surface area contributed by atoms with Gasteiger partial charge in [-0.15, -0.1) is 0 Å². The third-order valence-electron chi connectivity index (χ3n) is 4.82. The summed E-state index contributed by atoms with van der Waals surface area (Å²) in [5.74, 6) is 0.316. The van der Waals surface area contributed by atoms with Crippen molar-refractivity contribution in [2.45, 2.75) is 25.3 Å². The predicted molar refractivity (Wildman–Crippen MR) is 98.4 cm³/mol. The van der Waals surface area contributed by atoms with E-state index in [0.717, 1.165) is 19.4 Å². The van der Waals surface area contributed by atoms with Crippen LogP contribution in [0, 0.1) is 11.6 Å². The van der Waals surface area contributed by atoms with Crippen molar-refractivity contribution < 1.29 is 13.3 Å². The maximum atomic E-state index is 14.1. The number of hydrogen-bond acceptors (Lipinski definition) is 4. The van der Waals surface area contributed by atoms with Crippen molar-refractivity contribution in [2.24, 2.45) is 0 Å². The molecule has 0 N–H and O–H groups in total. The molecule has 0 radical (unpaired) electrons. The molecule has 2 aromatic carbocycles. The zero-order chi connectivity index (χ0) is 18.8. The summed E-state index contributed by atoms with van der Waals surface area (Å²) < 4.78 is 32.9. The molecule has 1 aromatic heterocycles. The van der Waals surface area contributed by atoms with Crippen LogP contribution in [0.25, 0.3) is 11.4 Å². The summed E-state index contributed by atoms with van der Waals surface area (Å²) in [6.07, 6.45) is 1.85. The van der Waals surface area contributed by atoms with Crippen LogP contribution in [0.3, 0.4) is 0 Å². The van der Waals surface area contributed by atoms with Gasteiger partial charge in [-0.05, 0) is 43.7 Å². The highest BCUT2D eigenvalue weighted by molar-refractivity contribution is 6.31. The minimum Gasteiger partial charge on any atom is -0.339 e. The Labute approximate surface area is 160 Å². The smallest absolute Gasteiger partial charge is 0.231 e. The second kappa shape index (κ2) is 7.74. The minimum absolute atomic E-state index is 0.0547. The molecular weight excluding hydrogens is 372 g/mol. The van der Waals surface area contributed by atoms with Crippen molar-refractivity contribution in [1.29, 1.82) is 0 Å². The van der Waals surface area contributed by atoms with Gasteiger partial charge in [0.15, 0.2) is 0 Å². The first-order chi connectivity index (χ1) is 13.1. The largest absolute Gasteiger partial charge is 0.339 e. The van der Waals surface area contributed by atoms with Crippen molar-refractivity contribution in [1.82, 2.24) is 15.0 Å².